The summed E-state index contributed by atoms with van der Waals surface area (Å²) >= 11 is 5.65. The first-order valence-electron chi connectivity index (χ1n) is 5.10. The second kappa shape index (κ2) is 5.11. The van der Waals surface area contributed by atoms with Crippen molar-refractivity contribution < 1.29 is 5.11 Å². The van der Waals surface area contributed by atoms with E-state index in [4.69, 9.17) is 16.7 Å². The van der Waals surface area contributed by atoms with Gasteiger partial charge in [0.15, 0.2) is 11.0 Å². The van der Waals surface area contributed by atoms with Crippen molar-refractivity contribution in [2.75, 3.05) is 11.9 Å². The summed E-state index contributed by atoms with van der Waals surface area (Å²) in [5.74, 6) is 0.598. The lowest BCUT2D eigenvalue weighted by Gasteiger charge is -2.05. The summed E-state index contributed by atoms with van der Waals surface area (Å²) in [5, 5.41) is 24.0. The monoisotopic (exact) mass is 253 g/mol. The lowest BCUT2D eigenvalue weighted by molar-refractivity contribution is 0.268. The van der Waals surface area contributed by atoms with E-state index in [-0.39, 0.29) is 6.61 Å². The Hall–Kier alpha value is -1.66. The summed E-state index contributed by atoms with van der Waals surface area (Å²) in [7, 11) is 0. The zero-order valence-electron chi connectivity index (χ0n) is 9.26. The van der Waals surface area contributed by atoms with Crippen LogP contribution in [-0.2, 0) is 6.54 Å². The molecule has 0 aromatic carbocycles. The fourth-order valence-electron chi connectivity index (χ4n) is 1.41. The molecule has 2 N–H and O–H groups in total. The number of aromatic nitrogens is 4. The highest BCUT2D eigenvalue weighted by molar-refractivity contribution is 6.29. The molecule has 0 spiro atoms. The Labute approximate surface area is 103 Å². The van der Waals surface area contributed by atoms with Crippen molar-refractivity contribution in [3.05, 3.63) is 29.2 Å². The van der Waals surface area contributed by atoms with Gasteiger partial charge in [-0.1, -0.05) is 11.6 Å². The summed E-state index contributed by atoms with van der Waals surface area (Å²) in [5.41, 5.74) is 1.76. The van der Waals surface area contributed by atoms with E-state index in [0.717, 1.165) is 11.4 Å². The number of nitrogens with zero attached hydrogens (tertiary/aromatic N) is 4. The van der Waals surface area contributed by atoms with Crippen LogP contribution in [0.5, 0.6) is 0 Å². The van der Waals surface area contributed by atoms with E-state index in [1.54, 1.807) is 23.0 Å². The Kier molecular flexibility index (Phi) is 3.55. The first-order chi connectivity index (χ1) is 8.20. The maximum absolute atomic E-state index is 8.86. The molecule has 0 aliphatic rings. The quantitative estimate of drug-likeness (QED) is 0.861. The van der Waals surface area contributed by atoms with Gasteiger partial charge in [-0.2, -0.15) is 5.10 Å². The fourth-order valence-corrected chi connectivity index (χ4v) is 1.51. The van der Waals surface area contributed by atoms with Crippen LogP contribution in [0.25, 0.3) is 0 Å². The highest BCUT2D eigenvalue weighted by atomic mass is 35.5. The lowest BCUT2D eigenvalue weighted by Crippen LogP contribution is -2.06. The molecule has 0 saturated carbocycles. The number of aliphatic hydroxyl groups excluding tert-OH is 1. The second-order valence-electron chi connectivity index (χ2n) is 3.46. The average Bonchev–Trinajstić information content (AvgIpc) is 2.65. The van der Waals surface area contributed by atoms with Gasteiger partial charge in [-0.25, -0.2) is 0 Å². The van der Waals surface area contributed by atoms with Crippen molar-refractivity contribution in [3.8, 4) is 0 Å². The molecule has 2 heterocycles. The molecule has 0 fully saturated rings. The van der Waals surface area contributed by atoms with Gasteiger partial charge in [0.1, 0.15) is 0 Å². The van der Waals surface area contributed by atoms with Crippen LogP contribution in [-0.4, -0.2) is 31.7 Å². The van der Waals surface area contributed by atoms with Crippen molar-refractivity contribution in [2.45, 2.75) is 13.5 Å². The first kappa shape index (κ1) is 11.8. The van der Waals surface area contributed by atoms with Gasteiger partial charge < -0.3 is 10.4 Å². The third kappa shape index (κ3) is 2.72. The number of rotatable bonds is 4. The van der Waals surface area contributed by atoms with E-state index < -0.39 is 0 Å². The molecule has 2 aromatic heterocycles. The van der Waals surface area contributed by atoms with Crippen LogP contribution in [0.2, 0.25) is 5.15 Å². The predicted molar refractivity (Wildman–Crippen MR) is 64.4 cm³/mol. The Morgan fingerprint density at radius 3 is 2.88 bits per heavy atom. The van der Waals surface area contributed by atoms with Crippen LogP contribution in [0.3, 0.4) is 0 Å². The van der Waals surface area contributed by atoms with Crippen molar-refractivity contribution in [1.29, 1.82) is 0 Å². The molecule has 6 nitrogen and oxygen atoms in total. The Bertz CT molecular complexity index is 496. The highest BCUT2D eigenvalue weighted by Crippen LogP contribution is 2.18. The number of nitrogens with one attached hydrogen (secondary N) is 1. The van der Waals surface area contributed by atoms with Gasteiger partial charge in [-0.3, -0.25) is 4.68 Å². The molecule has 0 aliphatic carbocycles. The lowest BCUT2D eigenvalue weighted by atomic mass is 10.4. The summed E-state index contributed by atoms with van der Waals surface area (Å²) < 4.78 is 1.71. The van der Waals surface area contributed by atoms with E-state index in [1.807, 2.05) is 6.92 Å². The van der Waals surface area contributed by atoms with Gasteiger partial charge in [-0.15, -0.1) is 10.2 Å². The topological polar surface area (TPSA) is 75.9 Å². The SMILES string of the molecule is Cc1c(Nc2ccc(Cl)nn2)cnn1CCO. The smallest absolute Gasteiger partial charge is 0.153 e. The zero-order valence-corrected chi connectivity index (χ0v) is 10.0. The number of hydrogen-bond acceptors (Lipinski definition) is 5. The van der Waals surface area contributed by atoms with Crippen LogP contribution in [0, 0.1) is 6.92 Å². The Morgan fingerprint density at radius 1 is 1.41 bits per heavy atom. The summed E-state index contributed by atoms with van der Waals surface area (Å²) in [6.45, 7) is 2.44. The highest BCUT2D eigenvalue weighted by Gasteiger charge is 2.06. The average molecular weight is 254 g/mol. The summed E-state index contributed by atoms with van der Waals surface area (Å²) in [6, 6.07) is 3.39. The van der Waals surface area contributed by atoms with Crippen LogP contribution in [0.4, 0.5) is 11.5 Å². The van der Waals surface area contributed by atoms with Gasteiger partial charge in [0.25, 0.3) is 0 Å². The summed E-state index contributed by atoms with van der Waals surface area (Å²) in [4.78, 5) is 0. The third-order valence-corrected chi connectivity index (χ3v) is 2.51. The van der Waals surface area contributed by atoms with Gasteiger partial charge in [-0.05, 0) is 19.1 Å². The molecule has 17 heavy (non-hydrogen) atoms. The maximum Gasteiger partial charge on any atom is 0.153 e. The number of halogens is 1. The predicted octanol–water partition coefficient (Wildman–Crippen LogP) is 1.37. The molecule has 0 bridgehead atoms. The Balaban J connectivity index is 2.16. The van der Waals surface area contributed by atoms with Crippen molar-refractivity contribution >= 4 is 23.1 Å². The molecule has 7 heteroatoms. The number of hydrogen-bond donors (Lipinski definition) is 2. The number of anilines is 2. The minimum atomic E-state index is 0.0582. The van der Waals surface area contributed by atoms with Crippen LogP contribution in [0.15, 0.2) is 18.3 Å². The normalized spacial score (nSPS) is 10.5. The van der Waals surface area contributed by atoms with Gasteiger partial charge in [0.2, 0.25) is 0 Å². The minimum Gasteiger partial charge on any atom is -0.394 e. The molecule has 0 radical (unpaired) electrons. The number of aliphatic hydroxyl groups is 1. The molecule has 90 valence electrons. The molecule has 0 aliphatic heterocycles. The van der Waals surface area contributed by atoms with Crippen LogP contribution in [0.1, 0.15) is 5.69 Å². The molecule has 0 unspecified atom stereocenters. The van der Waals surface area contributed by atoms with Crippen molar-refractivity contribution in [1.82, 2.24) is 20.0 Å². The molecular formula is C10H12ClN5O. The molecule has 0 saturated heterocycles. The molecular weight excluding hydrogens is 242 g/mol. The van der Waals surface area contributed by atoms with Crippen molar-refractivity contribution in [3.63, 3.8) is 0 Å². The van der Waals surface area contributed by atoms with E-state index in [0.29, 0.717) is 17.5 Å². The van der Waals surface area contributed by atoms with Crippen LogP contribution < -0.4 is 5.32 Å². The zero-order chi connectivity index (χ0) is 12.3. The van der Waals surface area contributed by atoms with Gasteiger partial charge in [0, 0.05) is 0 Å². The molecule has 0 amide bonds. The van der Waals surface area contributed by atoms with Crippen molar-refractivity contribution in [2.24, 2.45) is 0 Å². The van der Waals surface area contributed by atoms with E-state index >= 15 is 0 Å². The van der Waals surface area contributed by atoms with Gasteiger partial charge >= 0.3 is 0 Å². The van der Waals surface area contributed by atoms with E-state index in [2.05, 4.69) is 20.6 Å². The molecule has 0 atom stereocenters. The second-order valence-corrected chi connectivity index (χ2v) is 3.84. The van der Waals surface area contributed by atoms with E-state index in [1.165, 1.54) is 0 Å². The largest absolute Gasteiger partial charge is 0.394 e. The third-order valence-electron chi connectivity index (χ3n) is 2.31. The first-order valence-corrected chi connectivity index (χ1v) is 5.48. The van der Waals surface area contributed by atoms with E-state index in [9.17, 15) is 0 Å². The Morgan fingerprint density at radius 2 is 2.24 bits per heavy atom. The van der Waals surface area contributed by atoms with Gasteiger partial charge in [0.05, 0.1) is 30.7 Å². The van der Waals surface area contributed by atoms with Crippen LogP contribution >= 0.6 is 11.6 Å². The maximum atomic E-state index is 8.86. The minimum absolute atomic E-state index is 0.0582. The molecule has 2 rings (SSSR count). The molecule has 2 aromatic rings. The summed E-state index contributed by atoms with van der Waals surface area (Å²) in [6.07, 6.45) is 1.68. The standard InChI is InChI=1S/C10H12ClN5O/c1-7-8(6-12-16(7)4-5-17)13-10-3-2-9(11)14-15-10/h2-3,6,17H,4-5H2,1H3,(H,13,15). The fraction of sp³-hybridized carbons (Fsp3) is 0.300.